The lowest BCUT2D eigenvalue weighted by molar-refractivity contribution is -0.125. The number of nitrogens with two attached hydrogens (primary N) is 1. The van der Waals surface area contributed by atoms with Crippen LogP contribution in [0.5, 0.6) is 17.2 Å². The summed E-state index contributed by atoms with van der Waals surface area (Å²) in [5.74, 6) is 1.67. The number of carbonyl (C=O) groups excluding carboxylic acids is 1. The first-order valence-corrected chi connectivity index (χ1v) is 6.96. The van der Waals surface area contributed by atoms with E-state index >= 15 is 0 Å². The number of hydrogen-bond acceptors (Lipinski definition) is 4. The third kappa shape index (κ3) is 3.56. The van der Waals surface area contributed by atoms with E-state index < -0.39 is 12.0 Å². The van der Waals surface area contributed by atoms with Crippen molar-refractivity contribution in [3.8, 4) is 17.2 Å². The molecule has 2 atom stereocenters. The minimum absolute atomic E-state index is 0.279. The minimum Gasteiger partial charge on any atom is -0.488 e. The molecule has 0 bridgehead atoms. The number of primary amides is 1. The largest absolute Gasteiger partial charge is 0.488 e. The van der Waals surface area contributed by atoms with Gasteiger partial charge in [-0.2, -0.15) is 0 Å². The number of carbonyl (C=O) groups is 1. The predicted octanol–water partition coefficient (Wildman–Crippen LogP) is 2.31. The zero-order valence-electron chi connectivity index (χ0n) is 11.8. The summed E-state index contributed by atoms with van der Waals surface area (Å²) >= 11 is 0. The van der Waals surface area contributed by atoms with Crippen LogP contribution < -0.4 is 15.2 Å². The molecule has 1 amide bonds. The molecule has 5 nitrogen and oxygen atoms in total. The number of para-hydroxylation sites is 1. The molecule has 0 spiro atoms. The average Bonchev–Trinajstić information content (AvgIpc) is 2.99. The SMILES string of the molecule is NC(=O)C1[CH]C(Oc2ccc(Oc3ccccc3)cc2)CO1. The molecule has 2 unspecified atom stereocenters. The van der Waals surface area contributed by atoms with Crippen molar-refractivity contribution in [3.05, 3.63) is 61.0 Å². The Morgan fingerprint density at radius 3 is 2.27 bits per heavy atom. The van der Waals surface area contributed by atoms with Gasteiger partial charge >= 0.3 is 0 Å². The highest BCUT2D eigenvalue weighted by molar-refractivity contribution is 5.80. The first-order valence-electron chi connectivity index (χ1n) is 6.96. The number of ether oxygens (including phenoxy) is 3. The second kappa shape index (κ2) is 6.49. The van der Waals surface area contributed by atoms with Gasteiger partial charge in [-0.1, -0.05) is 18.2 Å². The maximum atomic E-state index is 11.0. The maximum Gasteiger partial charge on any atom is 0.247 e. The summed E-state index contributed by atoms with van der Waals surface area (Å²) in [5, 5.41) is 0. The van der Waals surface area contributed by atoms with E-state index in [1.54, 1.807) is 6.42 Å². The van der Waals surface area contributed by atoms with Crippen molar-refractivity contribution >= 4 is 5.91 Å². The van der Waals surface area contributed by atoms with Gasteiger partial charge in [-0.3, -0.25) is 4.79 Å². The Kier molecular flexibility index (Phi) is 4.25. The van der Waals surface area contributed by atoms with Crippen molar-refractivity contribution in [2.75, 3.05) is 6.61 Å². The molecule has 113 valence electrons. The second-order valence-electron chi connectivity index (χ2n) is 4.89. The summed E-state index contributed by atoms with van der Waals surface area (Å²) in [6, 6.07) is 16.8. The predicted molar refractivity (Wildman–Crippen MR) is 80.6 cm³/mol. The molecule has 0 aromatic heterocycles. The lowest BCUT2D eigenvalue weighted by atomic mass is 10.2. The van der Waals surface area contributed by atoms with Crippen LogP contribution >= 0.6 is 0 Å². The van der Waals surface area contributed by atoms with Crippen LogP contribution in [0.15, 0.2) is 54.6 Å². The van der Waals surface area contributed by atoms with Gasteiger partial charge in [0.2, 0.25) is 5.91 Å². The fourth-order valence-electron chi connectivity index (χ4n) is 2.14. The van der Waals surface area contributed by atoms with Crippen LogP contribution in [0.4, 0.5) is 0 Å². The summed E-state index contributed by atoms with van der Waals surface area (Å²) in [4.78, 5) is 11.0. The van der Waals surface area contributed by atoms with Crippen LogP contribution in [-0.4, -0.2) is 24.7 Å². The fraction of sp³-hybridized carbons (Fsp3) is 0.176. The van der Waals surface area contributed by atoms with Gasteiger partial charge in [-0.05, 0) is 36.4 Å². The Morgan fingerprint density at radius 2 is 1.64 bits per heavy atom. The molecular weight excluding hydrogens is 282 g/mol. The molecule has 5 heteroatoms. The molecule has 1 heterocycles. The first kappa shape index (κ1) is 14.4. The summed E-state index contributed by atoms with van der Waals surface area (Å²) < 4.78 is 16.6. The molecule has 22 heavy (non-hydrogen) atoms. The Hall–Kier alpha value is -2.53. The van der Waals surface area contributed by atoms with E-state index in [4.69, 9.17) is 19.9 Å². The molecular formula is C17H16NO4. The lowest BCUT2D eigenvalue weighted by Gasteiger charge is -2.12. The maximum absolute atomic E-state index is 11.0. The molecule has 1 aliphatic heterocycles. The van der Waals surface area contributed by atoms with Crippen LogP contribution in [0.25, 0.3) is 0 Å². The van der Waals surface area contributed by atoms with E-state index in [1.165, 1.54) is 0 Å². The zero-order valence-corrected chi connectivity index (χ0v) is 11.8. The van der Waals surface area contributed by atoms with E-state index in [2.05, 4.69) is 0 Å². The molecule has 1 saturated heterocycles. The van der Waals surface area contributed by atoms with Crippen LogP contribution in [0.3, 0.4) is 0 Å². The topological polar surface area (TPSA) is 70.8 Å². The van der Waals surface area contributed by atoms with Crippen molar-refractivity contribution in [1.82, 2.24) is 0 Å². The summed E-state index contributed by atoms with van der Waals surface area (Å²) in [7, 11) is 0. The van der Waals surface area contributed by atoms with E-state index in [9.17, 15) is 4.79 Å². The Labute approximate surface area is 128 Å². The smallest absolute Gasteiger partial charge is 0.247 e. The average molecular weight is 298 g/mol. The molecule has 2 aromatic carbocycles. The molecule has 3 rings (SSSR count). The van der Waals surface area contributed by atoms with Crippen LogP contribution in [0.1, 0.15) is 0 Å². The van der Waals surface area contributed by atoms with Gasteiger partial charge in [-0.25, -0.2) is 0 Å². The van der Waals surface area contributed by atoms with Crippen molar-refractivity contribution in [2.24, 2.45) is 5.73 Å². The molecule has 1 fully saturated rings. The standard InChI is InChI=1S/C17H16NO4/c18-17(19)16-10-15(11-20-16)22-14-8-6-13(7-9-14)21-12-4-2-1-3-5-12/h1-10,15-16H,11H2,(H2,18,19). The van der Waals surface area contributed by atoms with Crippen LogP contribution in [0, 0.1) is 6.42 Å². The van der Waals surface area contributed by atoms with Gasteiger partial charge in [0.1, 0.15) is 29.5 Å². The van der Waals surface area contributed by atoms with Crippen molar-refractivity contribution in [1.29, 1.82) is 0 Å². The summed E-state index contributed by atoms with van der Waals surface area (Å²) in [5.41, 5.74) is 5.18. The summed E-state index contributed by atoms with van der Waals surface area (Å²) in [6.45, 7) is 0.315. The van der Waals surface area contributed by atoms with Crippen molar-refractivity contribution in [2.45, 2.75) is 12.2 Å². The van der Waals surface area contributed by atoms with E-state index in [0.717, 1.165) is 11.5 Å². The lowest BCUT2D eigenvalue weighted by Crippen LogP contribution is -2.28. The van der Waals surface area contributed by atoms with Gasteiger partial charge in [0, 0.05) is 6.42 Å². The van der Waals surface area contributed by atoms with Gasteiger partial charge in [0.15, 0.2) is 0 Å². The van der Waals surface area contributed by atoms with E-state index in [1.807, 2.05) is 54.6 Å². The Balaban J connectivity index is 1.57. The highest BCUT2D eigenvalue weighted by Gasteiger charge is 2.31. The van der Waals surface area contributed by atoms with Gasteiger partial charge < -0.3 is 19.9 Å². The van der Waals surface area contributed by atoms with E-state index in [-0.39, 0.29) is 6.10 Å². The minimum atomic E-state index is -0.675. The van der Waals surface area contributed by atoms with Gasteiger partial charge in [-0.15, -0.1) is 0 Å². The summed E-state index contributed by atoms with van der Waals surface area (Å²) in [6.07, 6.45) is 0.709. The molecule has 1 aliphatic rings. The monoisotopic (exact) mass is 298 g/mol. The number of benzene rings is 2. The molecule has 0 aliphatic carbocycles. The molecule has 0 saturated carbocycles. The Bertz CT molecular complexity index is 627. The molecule has 2 aromatic rings. The van der Waals surface area contributed by atoms with Gasteiger partial charge in [0.05, 0.1) is 6.61 Å². The first-order chi connectivity index (χ1) is 10.7. The second-order valence-corrected chi connectivity index (χ2v) is 4.89. The van der Waals surface area contributed by atoms with Crippen LogP contribution in [-0.2, 0) is 9.53 Å². The quantitative estimate of drug-likeness (QED) is 0.919. The third-order valence-electron chi connectivity index (χ3n) is 3.20. The molecule has 2 N–H and O–H groups in total. The highest BCUT2D eigenvalue weighted by atomic mass is 16.6. The number of hydrogen-bond donors (Lipinski definition) is 1. The van der Waals surface area contributed by atoms with Crippen molar-refractivity contribution in [3.63, 3.8) is 0 Å². The molecule has 1 radical (unpaired) electrons. The zero-order chi connectivity index (χ0) is 15.4. The highest BCUT2D eigenvalue weighted by Crippen LogP contribution is 2.25. The third-order valence-corrected chi connectivity index (χ3v) is 3.20. The Morgan fingerprint density at radius 1 is 1.00 bits per heavy atom. The van der Waals surface area contributed by atoms with Crippen molar-refractivity contribution < 1.29 is 19.0 Å². The van der Waals surface area contributed by atoms with E-state index in [0.29, 0.717) is 12.4 Å². The number of rotatable bonds is 5. The normalized spacial score (nSPS) is 20.5. The van der Waals surface area contributed by atoms with Crippen LogP contribution in [0.2, 0.25) is 0 Å². The number of amides is 1. The fourth-order valence-corrected chi connectivity index (χ4v) is 2.14. The van der Waals surface area contributed by atoms with Gasteiger partial charge in [0.25, 0.3) is 0 Å².